The molecule has 0 amide bonds. The van der Waals surface area contributed by atoms with Crippen LogP contribution in [0.1, 0.15) is 6.92 Å². The van der Waals surface area contributed by atoms with Crippen molar-refractivity contribution in [2.45, 2.75) is 6.92 Å². The van der Waals surface area contributed by atoms with Gasteiger partial charge in [-0.25, -0.2) is 4.99 Å². The molecule has 1 aromatic carbocycles. The van der Waals surface area contributed by atoms with E-state index in [1.807, 2.05) is 30.3 Å². The lowest BCUT2D eigenvalue weighted by Crippen LogP contribution is -2.52. The van der Waals surface area contributed by atoms with E-state index < -0.39 is 0 Å². The lowest BCUT2D eigenvalue weighted by molar-refractivity contribution is 0.324. The number of para-hydroxylation sites is 2. The average molecular weight is 369 g/mol. The molecule has 1 aliphatic heterocycles. The molecule has 1 aliphatic rings. The van der Waals surface area contributed by atoms with Gasteiger partial charge < -0.3 is 25.0 Å². The fraction of sp³-hybridized carbons (Fsp3) is 0.400. The molecule has 2 N–H and O–H groups in total. The van der Waals surface area contributed by atoms with Crippen LogP contribution in [-0.2, 0) is 0 Å². The van der Waals surface area contributed by atoms with E-state index in [0.717, 1.165) is 50.1 Å². The highest BCUT2D eigenvalue weighted by Gasteiger charge is 2.21. The summed E-state index contributed by atoms with van der Waals surface area (Å²) in [5.74, 6) is 2.00. The maximum absolute atomic E-state index is 10.0. The van der Waals surface area contributed by atoms with Gasteiger partial charge in [0.05, 0.1) is 18.4 Å². The maximum atomic E-state index is 10.0. The van der Waals surface area contributed by atoms with Gasteiger partial charge in [0.1, 0.15) is 18.1 Å². The zero-order valence-electron chi connectivity index (χ0n) is 15.7. The van der Waals surface area contributed by atoms with E-state index in [1.165, 1.54) is 0 Å². The smallest absolute Gasteiger partial charge is 0.194 e. The molecule has 7 heteroatoms. The molecule has 144 valence electrons. The highest BCUT2D eigenvalue weighted by molar-refractivity contribution is 5.80. The number of pyridine rings is 1. The Balaban J connectivity index is 1.52. The minimum Gasteiger partial charge on any atom is -0.506 e. The van der Waals surface area contributed by atoms with Gasteiger partial charge in [-0.1, -0.05) is 12.1 Å². The van der Waals surface area contributed by atoms with Crippen molar-refractivity contribution in [3.8, 4) is 11.5 Å². The number of aromatic hydroxyl groups is 1. The lowest BCUT2D eigenvalue weighted by Gasteiger charge is -2.37. The highest BCUT2D eigenvalue weighted by Crippen LogP contribution is 2.27. The molecular weight excluding hydrogens is 342 g/mol. The quantitative estimate of drug-likeness (QED) is 0.461. The molecule has 2 heterocycles. The molecule has 0 unspecified atom stereocenters. The van der Waals surface area contributed by atoms with E-state index in [1.54, 1.807) is 18.5 Å². The Morgan fingerprint density at radius 3 is 2.70 bits per heavy atom. The molecule has 0 bridgehead atoms. The van der Waals surface area contributed by atoms with Crippen LogP contribution in [0.25, 0.3) is 0 Å². The fourth-order valence-electron chi connectivity index (χ4n) is 3.06. The molecule has 1 fully saturated rings. The molecule has 27 heavy (non-hydrogen) atoms. The number of nitrogens with zero attached hydrogens (tertiary/aromatic N) is 4. The van der Waals surface area contributed by atoms with Gasteiger partial charge >= 0.3 is 0 Å². The second kappa shape index (κ2) is 9.66. The molecule has 0 radical (unpaired) electrons. The van der Waals surface area contributed by atoms with E-state index in [2.05, 4.69) is 32.0 Å². The van der Waals surface area contributed by atoms with Crippen LogP contribution in [0.15, 0.2) is 53.8 Å². The number of hydrogen-bond acceptors (Lipinski definition) is 5. The van der Waals surface area contributed by atoms with Crippen LogP contribution in [0.3, 0.4) is 0 Å². The Bertz CT molecular complexity index is 730. The predicted octanol–water partition coefficient (Wildman–Crippen LogP) is 1.95. The van der Waals surface area contributed by atoms with E-state index in [-0.39, 0.29) is 0 Å². The van der Waals surface area contributed by atoms with Crippen molar-refractivity contribution >= 4 is 11.6 Å². The summed E-state index contributed by atoms with van der Waals surface area (Å²) in [4.78, 5) is 13.2. The average Bonchev–Trinajstić information content (AvgIpc) is 2.72. The van der Waals surface area contributed by atoms with Crippen LogP contribution >= 0.6 is 0 Å². The Labute approximate surface area is 160 Å². The van der Waals surface area contributed by atoms with Crippen LogP contribution < -0.4 is 15.0 Å². The molecule has 7 nitrogen and oxygen atoms in total. The summed E-state index contributed by atoms with van der Waals surface area (Å²) in [6.07, 6.45) is 3.43. The van der Waals surface area contributed by atoms with Crippen LogP contribution in [0, 0.1) is 0 Å². The summed E-state index contributed by atoms with van der Waals surface area (Å²) in [6, 6.07) is 11.2. The molecular formula is C20H27N5O2. The minimum atomic E-state index is 0.332. The molecule has 1 aromatic heterocycles. The summed E-state index contributed by atoms with van der Waals surface area (Å²) in [5.41, 5.74) is 0.893. The van der Waals surface area contributed by atoms with Gasteiger partial charge in [0.15, 0.2) is 5.96 Å². The first-order valence-electron chi connectivity index (χ1n) is 9.37. The van der Waals surface area contributed by atoms with Gasteiger partial charge in [0, 0.05) is 38.9 Å². The largest absolute Gasteiger partial charge is 0.506 e. The van der Waals surface area contributed by atoms with Crippen LogP contribution in [0.4, 0.5) is 5.69 Å². The number of piperazine rings is 1. The first-order valence-corrected chi connectivity index (χ1v) is 9.37. The third kappa shape index (κ3) is 5.26. The third-order valence-electron chi connectivity index (χ3n) is 4.39. The van der Waals surface area contributed by atoms with E-state index in [0.29, 0.717) is 18.9 Å². The van der Waals surface area contributed by atoms with Crippen molar-refractivity contribution in [3.63, 3.8) is 0 Å². The molecule has 0 atom stereocenters. The third-order valence-corrected chi connectivity index (χ3v) is 4.39. The summed E-state index contributed by atoms with van der Waals surface area (Å²) < 4.78 is 5.66. The molecule has 1 saturated heterocycles. The molecule has 0 saturated carbocycles. The highest BCUT2D eigenvalue weighted by atomic mass is 16.5. The van der Waals surface area contributed by atoms with Crippen molar-refractivity contribution in [2.24, 2.45) is 4.99 Å². The minimum absolute atomic E-state index is 0.332. The number of anilines is 1. The normalized spacial score (nSPS) is 14.9. The Kier molecular flexibility index (Phi) is 6.73. The zero-order valence-corrected chi connectivity index (χ0v) is 15.7. The molecule has 0 aliphatic carbocycles. The number of aromatic nitrogens is 1. The van der Waals surface area contributed by atoms with Crippen molar-refractivity contribution < 1.29 is 9.84 Å². The van der Waals surface area contributed by atoms with Gasteiger partial charge in [0.25, 0.3) is 0 Å². The molecule has 0 spiro atoms. The van der Waals surface area contributed by atoms with E-state index >= 15 is 0 Å². The monoisotopic (exact) mass is 369 g/mol. The maximum Gasteiger partial charge on any atom is 0.194 e. The Hall–Kier alpha value is -2.96. The zero-order chi connectivity index (χ0) is 18.9. The number of rotatable bonds is 6. The molecule has 3 rings (SSSR count). The topological polar surface area (TPSA) is 73.2 Å². The standard InChI is InChI=1S/C20H27N5O2/c1-2-22-20(23-10-15-27-17-6-5-9-21-16-17)25-13-11-24(12-14-25)18-7-3-4-8-19(18)26/h3-9,16,26H,2,10-15H2,1H3,(H,22,23). The summed E-state index contributed by atoms with van der Waals surface area (Å²) in [5, 5.41) is 13.4. The van der Waals surface area contributed by atoms with Gasteiger partial charge in [-0.05, 0) is 31.2 Å². The van der Waals surface area contributed by atoms with Crippen molar-refractivity contribution in [3.05, 3.63) is 48.8 Å². The lowest BCUT2D eigenvalue weighted by atomic mass is 10.2. The Morgan fingerprint density at radius 2 is 2.00 bits per heavy atom. The summed E-state index contributed by atoms with van der Waals surface area (Å²) >= 11 is 0. The number of aliphatic imine (C=N–C) groups is 1. The molecule has 2 aromatic rings. The van der Waals surface area contributed by atoms with Crippen molar-refractivity contribution in [1.82, 2.24) is 15.2 Å². The number of hydrogen-bond donors (Lipinski definition) is 2. The van der Waals surface area contributed by atoms with Gasteiger partial charge in [-0.2, -0.15) is 0 Å². The second-order valence-corrected chi connectivity index (χ2v) is 6.24. The van der Waals surface area contributed by atoms with Crippen molar-refractivity contribution in [1.29, 1.82) is 0 Å². The number of ether oxygens (including phenoxy) is 1. The fourth-order valence-corrected chi connectivity index (χ4v) is 3.06. The van der Waals surface area contributed by atoms with Gasteiger partial charge in [0.2, 0.25) is 0 Å². The predicted molar refractivity (Wildman–Crippen MR) is 108 cm³/mol. The first kappa shape index (κ1) is 18.8. The van der Waals surface area contributed by atoms with Crippen LogP contribution in [-0.4, -0.2) is 66.8 Å². The number of guanidine groups is 1. The summed E-state index contributed by atoms with van der Waals surface area (Å²) in [6.45, 7) is 7.37. The van der Waals surface area contributed by atoms with Crippen LogP contribution in [0.2, 0.25) is 0 Å². The number of benzene rings is 1. The second-order valence-electron chi connectivity index (χ2n) is 6.24. The van der Waals surface area contributed by atoms with Crippen LogP contribution in [0.5, 0.6) is 11.5 Å². The van der Waals surface area contributed by atoms with Gasteiger partial charge in [-0.3, -0.25) is 4.98 Å². The number of nitrogens with one attached hydrogen (secondary N) is 1. The SMILES string of the molecule is CCNC(=NCCOc1cccnc1)N1CCN(c2ccccc2O)CC1. The van der Waals surface area contributed by atoms with Gasteiger partial charge in [-0.15, -0.1) is 0 Å². The number of phenols is 1. The number of phenolic OH excluding ortho intramolecular Hbond substituents is 1. The van der Waals surface area contributed by atoms with Crippen molar-refractivity contribution in [2.75, 3.05) is 50.8 Å². The first-order chi connectivity index (χ1) is 13.3. The summed E-state index contributed by atoms with van der Waals surface area (Å²) in [7, 11) is 0. The van der Waals surface area contributed by atoms with E-state index in [4.69, 9.17) is 4.74 Å². The van der Waals surface area contributed by atoms with E-state index in [9.17, 15) is 5.11 Å². The Morgan fingerprint density at radius 1 is 1.19 bits per heavy atom.